The summed E-state index contributed by atoms with van der Waals surface area (Å²) < 4.78 is 30.5. The van der Waals surface area contributed by atoms with Crippen molar-refractivity contribution in [3.8, 4) is 5.75 Å². The first-order valence-corrected chi connectivity index (χ1v) is 9.33. The van der Waals surface area contributed by atoms with Gasteiger partial charge in [0.05, 0.1) is 0 Å². The van der Waals surface area contributed by atoms with Gasteiger partial charge in [-0.1, -0.05) is 32.4 Å². The zero-order chi connectivity index (χ0) is 18.1. The van der Waals surface area contributed by atoms with Crippen LogP contribution >= 0.6 is 11.6 Å². The number of halogens is 1. The maximum Gasteiger partial charge on any atom is 0.253 e. The molecule has 130 valence electrons. The number of rotatable bonds is 5. The fourth-order valence-corrected chi connectivity index (χ4v) is 2.74. The van der Waals surface area contributed by atoms with Gasteiger partial charge in [0.15, 0.2) is 0 Å². The molecule has 0 saturated carbocycles. The van der Waals surface area contributed by atoms with Gasteiger partial charge in [-0.25, -0.2) is 13.4 Å². The highest BCUT2D eigenvalue weighted by atomic mass is 35.5. The van der Waals surface area contributed by atoms with E-state index in [9.17, 15) is 13.2 Å². The van der Waals surface area contributed by atoms with Crippen LogP contribution in [0.15, 0.2) is 35.7 Å². The number of hydrogen-bond donors (Lipinski definition) is 0. The Morgan fingerprint density at radius 3 is 2.33 bits per heavy atom. The van der Waals surface area contributed by atoms with Gasteiger partial charge in [-0.05, 0) is 24.3 Å². The lowest BCUT2D eigenvalue weighted by Gasteiger charge is -2.25. The van der Waals surface area contributed by atoms with Crippen molar-refractivity contribution >= 4 is 27.2 Å². The molecule has 1 aromatic carbocycles. The normalized spacial score (nSPS) is 13.5. The van der Waals surface area contributed by atoms with Crippen molar-refractivity contribution in [2.45, 2.75) is 32.2 Å². The van der Waals surface area contributed by atoms with Crippen LogP contribution in [0.3, 0.4) is 0 Å². The second kappa shape index (κ2) is 6.52. The van der Waals surface area contributed by atoms with Gasteiger partial charge in [0.1, 0.15) is 12.1 Å². The van der Waals surface area contributed by atoms with Gasteiger partial charge in [-0.15, -0.1) is 0 Å². The molecule has 1 heterocycles. The Morgan fingerprint density at radius 1 is 1.25 bits per heavy atom. The molecule has 0 fully saturated rings. The smallest absolute Gasteiger partial charge is 0.253 e. The van der Waals surface area contributed by atoms with Crippen LogP contribution < -0.4 is 4.74 Å². The Balaban J connectivity index is 2.50. The Bertz CT molecular complexity index is 838. The van der Waals surface area contributed by atoms with Gasteiger partial charge >= 0.3 is 0 Å². The molecule has 2 aromatic rings. The van der Waals surface area contributed by atoms with Crippen LogP contribution in [0.4, 0.5) is 0 Å². The van der Waals surface area contributed by atoms with E-state index in [1.807, 2.05) is 0 Å². The first-order valence-electron chi connectivity index (χ1n) is 7.06. The largest absolute Gasteiger partial charge is 0.461 e. The molecule has 1 aromatic heterocycles. The van der Waals surface area contributed by atoms with Crippen LogP contribution in [0, 0.1) is 5.41 Å². The van der Waals surface area contributed by atoms with Crippen molar-refractivity contribution < 1.29 is 17.9 Å². The van der Waals surface area contributed by atoms with Crippen LogP contribution in [0.25, 0.3) is 0 Å². The van der Waals surface area contributed by atoms with E-state index >= 15 is 0 Å². The minimum atomic E-state index is -3.68. The fraction of sp³-hybridized carbons (Fsp3) is 0.400. The summed E-state index contributed by atoms with van der Waals surface area (Å²) in [6, 6.07) is 6.38. The fourth-order valence-electron chi connectivity index (χ4n) is 1.89. The van der Waals surface area contributed by atoms with Gasteiger partial charge in [-0.3, -0.25) is 4.79 Å². The zero-order valence-electron chi connectivity index (χ0n) is 13.7. The number of benzene rings is 1. The highest BCUT2D eigenvalue weighted by Gasteiger charge is 2.36. The van der Waals surface area contributed by atoms with E-state index in [0.717, 1.165) is 17.3 Å². The first-order chi connectivity index (χ1) is 11.0. The molecule has 1 unspecified atom stereocenters. The van der Waals surface area contributed by atoms with Crippen LogP contribution in [0.1, 0.15) is 27.0 Å². The summed E-state index contributed by atoms with van der Waals surface area (Å²) in [5, 5.41) is 4.06. The Kier molecular flexibility index (Phi) is 5.00. The van der Waals surface area contributed by atoms with Crippen molar-refractivity contribution in [1.82, 2.24) is 14.8 Å². The van der Waals surface area contributed by atoms with E-state index in [0.29, 0.717) is 10.8 Å². The van der Waals surface area contributed by atoms with Crippen LogP contribution in [-0.4, -0.2) is 35.2 Å². The average Bonchev–Trinajstić information content (AvgIpc) is 2.94. The molecule has 24 heavy (non-hydrogen) atoms. The Labute approximate surface area is 145 Å². The molecule has 0 radical (unpaired) electrons. The van der Waals surface area contributed by atoms with Crippen molar-refractivity contribution in [3.05, 3.63) is 35.6 Å². The minimum Gasteiger partial charge on any atom is -0.461 e. The molecule has 1 atom stereocenters. The van der Waals surface area contributed by atoms with E-state index in [-0.39, 0.29) is 10.9 Å². The summed E-state index contributed by atoms with van der Waals surface area (Å²) in [6.07, 6.45) is 0.803. The number of ketones is 1. The summed E-state index contributed by atoms with van der Waals surface area (Å²) in [6.45, 7) is 5.14. The predicted octanol–water partition coefficient (Wildman–Crippen LogP) is 2.53. The molecule has 0 amide bonds. The second-order valence-electron chi connectivity index (χ2n) is 6.30. The lowest BCUT2D eigenvalue weighted by molar-refractivity contribution is -0.138. The molecule has 0 bridgehead atoms. The molecule has 0 aliphatic carbocycles. The molecule has 7 nitrogen and oxygen atoms in total. The lowest BCUT2D eigenvalue weighted by Crippen LogP contribution is -2.36. The maximum atomic E-state index is 12.8. The van der Waals surface area contributed by atoms with Crippen molar-refractivity contribution in [3.63, 3.8) is 0 Å². The number of carbonyl (C=O) groups excluding carboxylic acids is 1. The second-order valence-corrected chi connectivity index (χ2v) is 8.64. The number of nitrogens with zero attached hydrogens (tertiary/aromatic N) is 3. The summed E-state index contributed by atoms with van der Waals surface area (Å²) in [7, 11) is -3.68. The predicted molar refractivity (Wildman–Crippen MR) is 88.7 cm³/mol. The molecule has 2 rings (SSSR count). The number of sulfone groups is 1. The van der Waals surface area contributed by atoms with Crippen LogP contribution in [0.2, 0.25) is 5.02 Å². The molecule has 0 aliphatic heterocycles. The maximum absolute atomic E-state index is 12.8. The van der Waals surface area contributed by atoms with E-state index in [4.69, 9.17) is 16.3 Å². The Morgan fingerprint density at radius 2 is 1.83 bits per heavy atom. The Hall–Kier alpha value is -1.93. The highest BCUT2D eigenvalue weighted by Crippen LogP contribution is 2.28. The third-order valence-corrected chi connectivity index (χ3v) is 4.33. The SMILES string of the molecule is CC(C)(C)C(=O)C(Oc1ccc(Cl)cc1)n1ncnc1S(C)(=O)=O. The van der Waals surface area contributed by atoms with E-state index in [2.05, 4.69) is 10.1 Å². The quantitative estimate of drug-likeness (QED) is 0.802. The molecule has 9 heteroatoms. The lowest BCUT2D eigenvalue weighted by atomic mass is 9.90. The van der Waals surface area contributed by atoms with Crippen molar-refractivity contribution in [2.75, 3.05) is 6.26 Å². The summed E-state index contributed by atoms with van der Waals surface area (Å²) in [5.74, 6) is 0.0183. The molecule has 0 aliphatic rings. The third kappa shape index (κ3) is 4.12. The third-order valence-electron chi connectivity index (χ3n) is 3.12. The van der Waals surface area contributed by atoms with Crippen LogP contribution in [-0.2, 0) is 14.6 Å². The summed E-state index contributed by atoms with van der Waals surface area (Å²) in [5.41, 5.74) is -0.780. The first kappa shape index (κ1) is 18.4. The van der Waals surface area contributed by atoms with E-state index < -0.39 is 21.5 Å². The number of Topliss-reactive ketones (excluding diaryl/α,β-unsaturated/α-hetero) is 1. The van der Waals surface area contributed by atoms with E-state index in [1.165, 1.54) is 0 Å². The van der Waals surface area contributed by atoms with Crippen molar-refractivity contribution in [1.29, 1.82) is 0 Å². The molecule has 0 spiro atoms. The van der Waals surface area contributed by atoms with E-state index in [1.54, 1.807) is 45.0 Å². The molecule has 0 N–H and O–H groups in total. The standard InChI is InChI=1S/C15H18ClN3O4S/c1-15(2,3)12(20)13(23-11-7-5-10(16)6-8-11)19-14(17-9-18-19)24(4,21)22/h5-9,13H,1-4H3. The highest BCUT2D eigenvalue weighted by molar-refractivity contribution is 7.90. The summed E-state index contributed by atoms with van der Waals surface area (Å²) >= 11 is 5.84. The number of aromatic nitrogens is 3. The number of hydrogen-bond acceptors (Lipinski definition) is 6. The molecular weight excluding hydrogens is 354 g/mol. The minimum absolute atomic E-state index is 0.334. The monoisotopic (exact) mass is 371 g/mol. The zero-order valence-corrected chi connectivity index (χ0v) is 15.3. The van der Waals surface area contributed by atoms with Crippen molar-refractivity contribution in [2.24, 2.45) is 5.41 Å². The van der Waals surface area contributed by atoms with Gasteiger partial charge in [-0.2, -0.15) is 9.78 Å². The van der Waals surface area contributed by atoms with Gasteiger partial charge in [0.2, 0.25) is 20.8 Å². The topological polar surface area (TPSA) is 91.2 Å². The number of ether oxygens (including phenoxy) is 1. The summed E-state index contributed by atoms with van der Waals surface area (Å²) in [4.78, 5) is 16.5. The molecule has 0 saturated heterocycles. The number of carbonyl (C=O) groups is 1. The van der Waals surface area contributed by atoms with Crippen LogP contribution in [0.5, 0.6) is 5.75 Å². The van der Waals surface area contributed by atoms with Gasteiger partial charge < -0.3 is 4.74 Å². The van der Waals surface area contributed by atoms with Gasteiger partial charge in [0, 0.05) is 16.7 Å². The average molecular weight is 372 g/mol. The molecular formula is C15H18ClN3O4S. The van der Waals surface area contributed by atoms with Gasteiger partial charge in [0.25, 0.3) is 6.23 Å².